The Morgan fingerprint density at radius 1 is 1.33 bits per heavy atom. The van der Waals surface area contributed by atoms with Gasteiger partial charge < -0.3 is 15.4 Å². The van der Waals surface area contributed by atoms with Crippen molar-refractivity contribution in [1.82, 2.24) is 9.88 Å². The number of hydrogen-bond donors (Lipinski definition) is 2. The van der Waals surface area contributed by atoms with Crippen molar-refractivity contribution < 1.29 is 9.53 Å². The van der Waals surface area contributed by atoms with Gasteiger partial charge >= 0.3 is 0 Å². The van der Waals surface area contributed by atoms with Gasteiger partial charge in [-0.05, 0) is 37.3 Å². The highest BCUT2D eigenvalue weighted by Gasteiger charge is 2.19. The van der Waals surface area contributed by atoms with Crippen molar-refractivity contribution >= 4 is 46.2 Å². The number of aromatic nitrogens is 1. The number of hydrogen-bond acceptors (Lipinski definition) is 7. The molecule has 1 fully saturated rings. The number of benzene rings is 1. The van der Waals surface area contributed by atoms with Gasteiger partial charge in [0, 0.05) is 29.6 Å². The van der Waals surface area contributed by atoms with E-state index in [1.165, 1.54) is 11.3 Å². The maximum atomic E-state index is 12.2. The number of nitrogens with one attached hydrogen (secondary N) is 1. The second-order valence-corrected chi connectivity index (χ2v) is 9.86. The van der Waals surface area contributed by atoms with Gasteiger partial charge in [-0.3, -0.25) is 10.2 Å². The van der Waals surface area contributed by atoms with Gasteiger partial charge in [-0.25, -0.2) is 4.98 Å². The molecule has 1 aromatic carbocycles. The Morgan fingerprint density at radius 3 is 2.87 bits per heavy atom. The smallest absolute Gasteiger partial charge is 0.260 e. The largest absolute Gasteiger partial charge is 0.484 e. The van der Waals surface area contributed by atoms with Crippen molar-refractivity contribution in [2.45, 2.75) is 17.1 Å². The highest BCUT2D eigenvalue weighted by Crippen LogP contribution is 2.40. The minimum atomic E-state index is 0.0391. The molecule has 1 aliphatic rings. The topological polar surface area (TPSA) is 92.3 Å². The lowest BCUT2D eigenvalue weighted by atomic mass is 10.1. The third kappa shape index (κ3) is 4.53. The molecule has 3 aromatic rings. The number of thiazole rings is 1. The number of likely N-dealkylation sites (tertiary alicyclic amines) is 1. The van der Waals surface area contributed by atoms with Gasteiger partial charge in [0.25, 0.3) is 5.91 Å². The number of amidine groups is 1. The first-order chi connectivity index (χ1) is 14.5. The lowest BCUT2D eigenvalue weighted by Crippen LogP contribution is -2.32. The average molecular weight is 459 g/mol. The molecule has 156 valence electrons. The van der Waals surface area contributed by atoms with E-state index in [0.717, 1.165) is 56.8 Å². The molecule has 9 heteroatoms. The fourth-order valence-electron chi connectivity index (χ4n) is 3.29. The van der Waals surface area contributed by atoms with Crippen molar-refractivity contribution in [3.63, 3.8) is 0 Å². The van der Waals surface area contributed by atoms with E-state index >= 15 is 0 Å². The summed E-state index contributed by atoms with van der Waals surface area (Å²) < 4.78 is 6.84. The number of carbonyl (C=O) groups excluding carboxylic acids is 1. The zero-order chi connectivity index (χ0) is 21.1. The van der Waals surface area contributed by atoms with Crippen LogP contribution in [0.15, 0.2) is 39.9 Å². The zero-order valence-corrected chi connectivity index (χ0v) is 19.0. The number of rotatable bonds is 7. The Balaban J connectivity index is 1.50. The number of thiophene rings is 1. The van der Waals surface area contributed by atoms with Crippen LogP contribution in [0.4, 0.5) is 0 Å². The zero-order valence-electron chi connectivity index (χ0n) is 16.5. The molecule has 2 aromatic heterocycles. The van der Waals surface area contributed by atoms with Crippen LogP contribution in [0, 0.1) is 5.41 Å². The van der Waals surface area contributed by atoms with E-state index in [1.807, 2.05) is 46.9 Å². The predicted molar refractivity (Wildman–Crippen MR) is 125 cm³/mol. The van der Waals surface area contributed by atoms with Crippen LogP contribution in [0.1, 0.15) is 17.7 Å². The lowest BCUT2D eigenvalue weighted by Gasteiger charge is -2.15. The van der Waals surface area contributed by atoms with Crippen LogP contribution >= 0.6 is 34.4 Å². The summed E-state index contributed by atoms with van der Waals surface area (Å²) in [7, 11) is 0. The van der Waals surface area contributed by atoms with Gasteiger partial charge in [-0.15, -0.1) is 34.4 Å². The Hall–Kier alpha value is -2.36. The van der Waals surface area contributed by atoms with Crippen LogP contribution in [0.3, 0.4) is 0 Å². The number of nitrogen functional groups attached to an aromatic ring is 1. The Labute approximate surface area is 187 Å². The third-order valence-electron chi connectivity index (χ3n) is 4.83. The van der Waals surface area contributed by atoms with Crippen molar-refractivity contribution in [1.29, 1.82) is 5.41 Å². The molecule has 6 nitrogen and oxygen atoms in total. The van der Waals surface area contributed by atoms with Crippen LogP contribution in [0.5, 0.6) is 5.75 Å². The first-order valence-electron chi connectivity index (χ1n) is 9.54. The van der Waals surface area contributed by atoms with E-state index < -0.39 is 0 Å². The molecule has 4 rings (SSSR count). The van der Waals surface area contributed by atoms with Gasteiger partial charge in [0.15, 0.2) is 6.61 Å². The molecule has 0 saturated carbocycles. The fourth-order valence-corrected chi connectivity index (χ4v) is 6.00. The molecule has 3 N–H and O–H groups in total. The molecule has 0 spiro atoms. The maximum Gasteiger partial charge on any atom is 0.260 e. The van der Waals surface area contributed by atoms with Gasteiger partial charge in [-0.2, -0.15) is 0 Å². The van der Waals surface area contributed by atoms with Crippen molar-refractivity contribution in [3.05, 3.63) is 40.6 Å². The fraction of sp³-hybridized carbons (Fsp3) is 0.286. The molecule has 30 heavy (non-hydrogen) atoms. The number of nitrogens with two attached hydrogens (primary N) is 1. The minimum Gasteiger partial charge on any atom is -0.484 e. The highest BCUT2D eigenvalue weighted by molar-refractivity contribution is 8.00. The molecule has 0 radical (unpaired) electrons. The summed E-state index contributed by atoms with van der Waals surface area (Å²) >= 11 is 4.71. The Kier molecular flexibility index (Phi) is 6.40. The quantitative estimate of drug-likeness (QED) is 0.308. The van der Waals surface area contributed by atoms with Gasteiger partial charge in [0.05, 0.1) is 14.8 Å². The van der Waals surface area contributed by atoms with E-state index in [4.69, 9.17) is 20.9 Å². The predicted octanol–water partition coefficient (Wildman–Crippen LogP) is 4.55. The van der Waals surface area contributed by atoms with E-state index in [0.29, 0.717) is 5.75 Å². The van der Waals surface area contributed by atoms with Crippen LogP contribution < -0.4 is 10.5 Å². The summed E-state index contributed by atoms with van der Waals surface area (Å²) in [5.41, 5.74) is 8.47. The summed E-state index contributed by atoms with van der Waals surface area (Å²) in [6.45, 7) is 1.72. The van der Waals surface area contributed by atoms with E-state index in [2.05, 4.69) is 0 Å². The Morgan fingerprint density at radius 2 is 2.13 bits per heavy atom. The van der Waals surface area contributed by atoms with Crippen LogP contribution in [-0.2, 0) is 4.79 Å². The molecular weight excluding hydrogens is 436 g/mol. The highest BCUT2D eigenvalue weighted by atomic mass is 32.2. The standard InChI is InChI=1S/C21H22N4O2S3/c1-28-21-15(10-17(30-21)19(22)23)20-24-16(12-29-20)13-5-4-6-14(9-13)27-11-18(26)25-7-2-3-8-25/h4-6,9-10,12H,2-3,7-8,11H2,1H3,(H3,22,23). The van der Waals surface area contributed by atoms with E-state index in [9.17, 15) is 4.79 Å². The third-order valence-corrected chi connectivity index (χ3v) is 8.01. The summed E-state index contributed by atoms with van der Waals surface area (Å²) in [5.74, 6) is 0.776. The molecule has 0 aliphatic carbocycles. The number of thioether (sulfide) groups is 1. The molecule has 0 bridgehead atoms. The van der Waals surface area contributed by atoms with E-state index in [-0.39, 0.29) is 18.3 Å². The Bertz CT molecular complexity index is 1070. The summed E-state index contributed by atoms with van der Waals surface area (Å²) in [6, 6.07) is 9.61. The number of nitrogens with zero attached hydrogens (tertiary/aromatic N) is 2. The van der Waals surface area contributed by atoms with Crippen molar-refractivity contribution in [2.75, 3.05) is 26.0 Å². The normalized spacial score (nSPS) is 13.6. The van der Waals surface area contributed by atoms with Crippen molar-refractivity contribution in [2.24, 2.45) is 5.73 Å². The molecular formula is C21H22N4O2S3. The number of carbonyl (C=O) groups is 1. The van der Waals surface area contributed by atoms with Gasteiger partial charge in [0.1, 0.15) is 16.6 Å². The monoisotopic (exact) mass is 458 g/mol. The molecule has 3 heterocycles. The van der Waals surface area contributed by atoms with Crippen LogP contribution in [0.2, 0.25) is 0 Å². The van der Waals surface area contributed by atoms with Crippen molar-refractivity contribution in [3.8, 4) is 27.6 Å². The van der Waals surface area contributed by atoms with Gasteiger partial charge in [-0.1, -0.05) is 12.1 Å². The summed E-state index contributed by atoms with van der Waals surface area (Å²) in [4.78, 5) is 19.6. The second kappa shape index (κ2) is 9.20. The number of ether oxygens (including phenoxy) is 1. The maximum absolute atomic E-state index is 12.2. The SMILES string of the molecule is CSc1sc(C(=N)N)cc1-c1nc(-c2cccc(OCC(=O)N3CCCC3)c2)cs1. The summed E-state index contributed by atoms with van der Waals surface area (Å²) in [5, 5.41) is 10.6. The average Bonchev–Trinajstić information content (AvgIpc) is 3.51. The van der Waals surface area contributed by atoms with Crippen LogP contribution in [-0.4, -0.2) is 47.6 Å². The van der Waals surface area contributed by atoms with Crippen LogP contribution in [0.25, 0.3) is 21.8 Å². The molecule has 0 unspecified atom stereocenters. The number of amides is 1. The molecule has 1 amide bonds. The minimum absolute atomic E-state index is 0.0391. The molecule has 1 aliphatic heterocycles. The second-order valence-electron chi connectivity index (χ2n) is 6.87. The lowest BCUT2D eigenvalue weighted by molar-refractivity contribution is -0.132. The molecule has 1 saturated heterocycles. The first kappa shape index (κ1) is 20.9. The first-order valence-corrected chi connectivity index (χ1v) is 12.5. The van der Waals surface area contributed by atoms with Gasteiger partial charge in [0.2, 0.25) is 0 Å². The summed E-state index contributed by atoms with van der Waals surface area (Å²) in [6.07, 6.45) is 4.16. The van der Waals surface area contributed by atoms with E-state index in [1.54, 1.807) is 23.1 Å². The molecule has 0 atom stereocenters.